The molecule has 25 heteroatoms. The predicted octanol–water partition coefficient (Wildman–Crippen LogP) is 7.78. The maximum Gasteiger partial charge on any atom is 0.307 e. The lowest BCUT2D eigenvalue weighted by Crippen LogP contribution is -2.32. The zero-order valence-corrected chi connectivity index (χ0v) is 50.4. The Morgan fingerprint density at radius 1 is 0.619 bits per heavy atom. The molecule has 0 bridgehead atoms. The maximum absolute atomic E-state index is 13.1. The fraction of sp³-hybridized carbons (Fsp3) is 0.339. The number of nitrogens with one attached hydrogen (secondary N) is 3. The minimum Gasteiger partial charge on any atom is -0.494 e. The number of nitrogens with two attached hydrogens (primary N) is 1. The third-order valence-electron chi connectivity index (χ3n) is 15.0. The van der Waals surface area contributed by atoms with Gasteiger partial charge in [-0.25, -0.2) is 27.9 Å². The summed E-state index contributed by atoms with van der Waals surface area (Å²) in [4.78, 5) is 39.8. The van der Waals surface area contributed by atoms with Crippen molar-refractivity contribution in [2.75, 3.05) is 140 Å². The molecule has 0 unspecified atom stereocenters. The van der Waals surface area contributed by atoms with Crippen molar-refractivity contribution in [3.63, 3.8) is 0 Å². The number of carbonyl (C=O) groups excluding carboxylic acids is 1. The first kappa shape index (κ1) is 60.3. The van der Waals surface area contributed by atoms with Gasteiger partial charge in [-0.15, -0.1) is 0 Å². The van der Waals surface area contributed by atoms with Gasteiger partial charge in [0.1, 0.15) is 11.5 Å². The lowest BCUT2D eigenvalue weighted by molar-refractivity contribution is -0.111. The van der Waals surface area contributed by atoms with Crippen molar-refractivity contribution in [2.45, 2.75) is 25.7 Å². The van der Waals surface area contributed by atoms with Crippen LogP contribution < -0.4 is 41.0 Å². The molecule has 23 nitrogen and oxygen atoms in total. The number of rotatable bonds is 22. The predicted molar refractivity (Wildman–Crippen MR) is 336 cm³/mol. The number of fused-ring (bicyclic) bond motifs is 2. The second-order valence-electron chi connectivity index (χ2n) is 20.9. The molecule has 2 aliphatic rings. The summed E-state index contributed by atoms with van der Waals surface area (Å²) in [5, 5.41) is 10.9. The molecule has 0 radical (unpaired) electrons. The Kier molecular flexibility index (Phi) is 18.7. The number of hydrogen-bond acceptors (Lipinski definition) is 18. The molecule has 1 amide bonds. The minimum absolute atomic E-state index is 0.268. The molecule has 6 heterocycles. The number of likely N-dealkylation sites (N-methyl/N-ethyl adjacent to an activating group) is 2. The normalized spacial score (nSPS) is 14.0. The van der Waals surface area contributed by atoms with Crippen molar-refractivity contribution in [3.05, 3.63) is 122 Å². The number of nitrogen functional groups attached to an aromatic ring is 1. The van der Waals surface area contributed by atoms with Gasteiger partial charge in [0.05, 0.1) is 70.8 Å². The SMILES string of the molecule is C=CC(=O)Nc1cc(Nc2nccc(-c3cn(S(=O)(=O)N(C)C)c4ccccc34)n2)c(OC)cc1N(C)CCN1CCCC1.COc1cc(N(C)CCN2CCCC2)c(N)cc1Nc1nccc(-c2cn(S(=O)(=O)N(C)C)c3ccccc23)n1. The van der Waals surface area contributed by atoms with Crippen molar-refractivity contribution in [2.24, 2.45) is 0 Å². The Labute approximate surface area is 491 Å². The van der Waals surface area contributed by atoms with Crippen molar-refractivity contribution in [3.8, 4) is 34.0 Å². The molecule has 4 aromatic carbocycles. The Hall–Kier alpha value is -8.33. The Bertz CT molecular complexity index is 3900. The smallest absolute Gasteiger partial charge is 0.307 e. The maximum atomic E-state index is 13.1. The van der Waals surface area contributed by atoms with Gasteiger partial charge in [-0.3, -0.25) is 4.79 Å². The largest absolute Gasteiger partial charge is 0.494 e. The Morgan fingerprint density at radius 2 is 1.05 bits per heavy atom. The van der Waals surface area contributed by atoms with Crippen molar-refractivity contribution in [1.82, 2.24) is 46.3 Å². The van der Waals surface area contributed by atoms with Crippen LogP contribution in [0, 0.1) is 0 Å². The van der Waals surface area contributed by atoms with E-state index < -0.39 is 20.4 Å². The quantitative estimate of drug-likeness (QED) is 0.0374. The van der Waals surface area contributed by atoms with Gasteiger partial charge in [-0.2, -0.15) is 25.4 Å². The molecule has 10 rings (SSSR count). The van der Waals surface area contributed by atoms with E-state index in [4.69, 9.17) is 25.2 Å². The second kappa shape index (κ2) is 26.1. The van der Waals surface area contributed by atoms with Gasteiger partial charge >= 0.3 is 20.4 Å². The Balaban J connectivity index is 0.000000202. The van der Waals surface area contributed by atoms with E-state index in [1.165, 1.54) is 76.5 Å². The second-order valence-corrected chi connectivity index (χ2v) is 24.9. The van der Waals surface area contributed by atoms with Crippen LogP contribution in [0.25, 0.3) is 44.3 Å². The van der Waals surface area contributed by atoms with Crippen LogP contribution in [0.2, 0.25) is 0 Å². The van der Waals surface area contributed by atoms with Crippen LogP contribution >= 0.6 is 0 Å². The molecule has 5 N–H and O–H groups in total. The summed E-state index contributed by atoms with van der Waals surface area (Å²) in [6.07, 6.45) is 12.6. The first-order valence-corrected chi connectivity index (χ1v) is 30.4. The average Bonchev–Trinajstić information content (AvgIpc) is 2.68. The van der Waals surface area contributed by atoms with Gasteiger partial charge in [0.2, 0.25) is 17.8 Å². The minimum atomic E-state index is -3.77. The van der Waals surface area contributed by atoms with E-state index in [-0.39, 0.29) is 11.9 Å². The zero-order chi connectivity index (χ0) is 59.9. The number of ether oxygens (including phenoxy) is 2. The van der Waals surface area contributed by atoms with Gasteiger partial charge in [0.15, 0.2) is 0 Å². The van der Waals surface area contributed by atoms with E-state index in [1.54, 1.807) is 75.4 Å². The third-order valence-corrected chi connectivity index (χ3v) is 18.4. The summed E-state index contributed by atoms with van der Waals surface area (Å²) in [7, 11) is 5.71. The van der Waals surface area contributed by atoms with Crippen LogP contribution in [0.4, 0.5) is 46.0 Å². The highest BCUT2D eigenvalue weighted by molar-refractivity contribution is 7.88. The highest BCUT2D eigenvalue weighted by Gasteiger charge is 2.26. The summed E-state index contributed by atoms with van der Waals surface area (Å²) in [6, 6.07) is 25.5. The highest BCUT2D eigenvalue weighted by atomic mass is 32.2. The van der Waals surface area contributed by atoms with Gasteiger partial charge < -0.3 is 50.8 Å². The van der Waals surface area contributed by atoms with Crippen LogP contribution in [0.5, 0.6) is 11.5 Å². The highest BCUT2D eigenvalue weighted by Crippen LogP contribution is 2.40. The zero-order valence-electron chi connectivity index (χ0n) is 48.8. The van der Waals surface area contributed by atoms with Crippen LogP contribution in [0.1, 0.15) is 25.7 Å². The number of nitrogens with zero attached hydrogens (tertiary/aromatic N) is 12. The molecule has 444 valence electrons. The molecule has 0 aliphatic carbocycles. The van der Waals surface area contributed by atoms with E-state index in [0.29, 0.717) is 73.7 Å². The van der Waals surface area contributed by atoms with Crippen LogP contribution in [-0.2, 0) is 25.2 Å². The van der Waals surface area contributed by atoms with Crippen LogP contribution in [0.3, 0.4) is 0 Å². The number of anilines is 8. The van der Waals surface area contributed by atoms with Crippen molar-refractivity contribution >= 4 is 94.2 Å². The topological polar surface area (TPSA) is 247 Å². The standard InChI is InChI=1S/C31H38N8O4S.C28H36N8O3S/c1-6-30(40)33-25-19-26(29(43-5)20-28(25)37(4)17-18-38-15-9-10-16-38)35-31-32-14-13-24(34-31)23-21-39(44(41,42)36(2)3)27-12-8-7-11-22(23)27;1-33(2)40(37,38)36-19-21(20-9-5-6-10-25(20)36)23-11-12-30-28(31-23)32-24-17-22(29)26(18-27(24)39-4)34(3)15-16-35-13-7-8-14-35/h6-8,11-14,19-21H,1,9-10,15-18H2,2-5H3,(H,33,40)(H,32,34,35);5-6,9-12,17-19H,7-8,13-16,29H2,1-4H3,(H,30,31,32). The molecule has 0 saturated carbocycles. The summed E-state index contributed by atoms with van der Waals surface area (Å²) in [5.74, 6) is 1.41. The Morgan fingerprint density at radius 3 is 1.49 bits per heavy atom. The summed E-state index contributed by atoms with van der Waals surface area (Å²) in [5.41, 5.74) is 14.1. The lowest BCUT2D eigenvalue weighted by Gasteiger charge is -2.26. The molecule has 0 spiro atoms. The number of carbonyl (C=O) groups is 1. The van der Waals surface area contributed by atoms with E-state index in [1.807, 2.05) is 62.6 Å². The number of likely N-dealkylation sites (tertiary alicyclic amines) is 2. The van der Waals surface area contributed by atoms with Crippen molar-refractivity contribution in [1.29, 1.82) is 0 Å². The lowest BCUT2D eigenvalue weighted by atomic mass is 10.1. The molecule has 84 heavy (non-hydrogen) atoms. The number of hydrogen-bond donors (Lipinski definition) is 4. The van der Waals surface area contributed by atoms with Gasteiger partial charge in [0, 0.05) is 127 Å². The average molecular weight is 1180 g/mol. The molecular weight excluding hydrogens is 1110 g/mol. The summed E-state index contributed by atoms with van der Waals surface area (Å²) in [6.45, 7) is 11.7. The molecular formula is C59H74N16O7S2. The van der Waals surface area contributed by atoms with Gasteiger partial charge in [0.25, 0.3) is 0 Å². The van der Waals surface area contributed by atoms with Crippen LogP contribution in [-0.4, -0.2) is 178 Å². The molecule has 4 aromatic heterocycles. The first-order valence-electron chi connectivity index (χ1n) is 27.6. The molecule has 2 fully saturated rings. The number of methoxy groups -OCH3 is 2. The fourth-order valence-corrected chi connectivity index (χ4v) is 12.3. The third kappa shape index (κ3) is 13.2. The number of aromatic nitrogens is 6. The van der Waals surface area contributed by atoms with Crippen molar-refractivity contribution < 1.29 is 31.1 Å². The molecule has 8 aromatic rings. The van der Waals surface area contributed by atoms with Gasteiger partial charge in [-0.05, 0) is 94.3 Å². The molecule has 2 aliphatic heterocycles. The fourth-order valence-electron chi connectivity index (χ4n) is 10.3. The van der Waals surface area contributed by atoms with Crippen LogP contribution in [0.15, 0.2) is 122 Å². The van der Waals surface area contributed by atoms with E-state index in [2.05, 4.69) is 52.1 Å². The summed E-state index contributed by atoms with van der Waals surface area (Å²) >= 11 is 0. The number of benzene rings is 4. The van der Waals surface area contributed by atoms with E-state index >= 15 is 0 Å². The number of amides is 1. The van der Waals surface area contributed by atoms with Gasteiger partial charge in [-0.1, -0.05) is 43.0 Å². The molecule has 2 saturated heterocycles. The first-order chi connectivity index (χ1) is 40.3. The monoisotopic (exact) mass is 1180 g/mol. The summed E-state index contributed by atoms with van der Waals surface area (Å²) < 4.78 is 68.4. The molecule has 0 atom stereocenters. The number of para-hydroxylation sites is 2. The van der Waals surface area contributed by atoms with E-state index in [0.717, 1.165) is 74.5 Å². The van der Waals surface area contributed by atoms with E-state index in [9.17, 15) is 21.6 Å².